The highest BCUT2D eigenvalue weighted by Gasteiger charge is 2.37. The van der Waals surface area contributed by atoms with E-state index in [9.17, 15) is 9.18 Å². The smallest absolute Gasteiger partial charge is 0.227 e. The Kier molecular flexibility index (Phi) is 4.93. The monoisotopic (exact) mass is 446 g/mol. The average molecular weight is 447 g/mol. The zero-order valence-corrected chi connectivity index (χ0v) is 17.6. The molecule has 148 valence electrons. The van der Waals surface area contributed by atoms with Crippen LogP contribution in [0.15, 0.2) is 52.1 Å². The SMILES string of the molecule is O=C1CCCC2=C1[C@H](c1cccs1)n1nc(SCc3ccc(F)cc3Cl)nc1N2. The number of nitrogens with zero attached hydrogens (tertiary/aromatic N) is 3. The van der Waals surface area contributed by atoms with Crippen molar-refractivity contribution < 1.29 is 9.18 Å². The highest BCUT2D eigenvalue weighted by Crippen LogP contribution is 2.42. The second-order valence-corrected chi connectivity index (χ2v) is 9.23. The lowest BCUT2D eigenvalue weighted by Crippen LogP contribution is -2.31. The van der Waals surface area contributed by atoms with E-state index in [0.29, 0.717) is 28.3 Å². The molecule has 1 atom stereocenters. The van der Waals surface area contributed by atoms with Gasteiger partial charge in [-0.3, -0.25) is 4.79 Å². The molecule has 0 radical (unpaired) electrons. The van der Waals surface area contributed by atoms with E-state index in [-0.39, 0.29) is 17.6 Å². The Morgan fingerprint density at radius 1 is 1.34 bits per heavy atom. The molecule has 1 aliphatic carbocycles. The number of hydrogen-bond acceptors (Lipinski definition) is 6. The van der Waals surface area contributed by atoms with Crippen molar-refractivity contribution in [3.63, 3.8) is 0 Å². The summed E-state index contributed by atoms with van der Waals surface area (Å²) in [5, 5.41) is 11.0. The molecule has 0 amide bonds. The molecule has 9 heteroatoms. The van der Waals surface area contributed by atoms with Crippen molar-refractivity contribution >= 4 is 46.4 Å². The lowest BCUT2D eigenvalue weighted by Gasteiger charge is -2.31. The minimum atomic E-state index is -0.358. The number of nitrogens with one attached hydrogen (secondary N) is 1. The van der Waals surface area contributed by atoms with Crippen LogP contribution in [-0.4, -0.2) is 20.5 Å². The molecule has 3 aromatic rings. The summed E-state index contributed by atoms with van der Waals surface area (Å²) in [6.45, 7) is 0. The van der Waals surface area contributed by atoms with Crippen LogP contribution < -0.4 is 5.32 Å². The first-order chi connectivity index (χ1) is 14.1. The summed E-state index contributed by atoms with van der Waals surface area (Å²) in [4.78, 5) is 18.4. The molecule has 0 unspecified atom stereocenters. The Hall–Kier alpha value is -2.16. The van der Waals surface area contributed by atoms with Crippen LogP contribution in [0.3, 0.4) is 0 Å². The molecule has 1 N–H and O–H groups in total. The van der Waals surface area contributed by atoms with Crippen molar-refractivity contribution in [1.82, 2.24) is 14.8 Å². The van der Waals surface area contributed by atoms with Gasteiger partial charge in [0.25, 0.3) is 0 Å². The van der Waals surface area contributed by atoms with Crippen LogP contribution in [-0.2, 0) is 10.5 Å². The van der Waals surface area contributed by atoms with Crippen LogP contribution in [0, 0.1) is 5.82 Å². The van der Waals surface area contributed by atoms with Crippen LogP contribution >= 0.6 is 34.7 Å². The molecule has 3 heterocycles. The van der Waals surface area contributed by atoms with Gasteiger partial charge in [-0.2, -0.15) is 4.98 Å². The van der Waals surface area contributed by atoms with Gasteiger partial charge in [-0.1, -0.05) is 35.5 Å². The Balaban J connectivity index is 1.47. The molecule has 0 bridgehead atoms. The number of anilines is 1. The molecule has 0 spiro atoms. The van der Waals surface area contributed by atoms with Gasteiger partial charge < -0.3 is 5.32 Å². The van der Waals surface area contributed by atoms with E-state index in [0.717, 1.165) is 34.6 Å². The summed E-state index contributed by atoms with van der Waals surface area (Å²) in [5.74, 6) is 0.983. The minimum Gasteiger partial charge on any atom is -0.328 e. The van der Waals surface area contributed by atoms with Gasteiger partial charge in [0, 0.05) is 33.3 Å². The van der Waals surface area contributed by atoms with Crippen LogP contribution in [0.25, 0.3) is 0 Å². The number of thiophene rings is 1. The fraction of sp³-hybridized carbons (Fsp3) is 0.250. The number of rotatable bonds is 4. The van der Waals surface area contributed by atoms with Crippen molar-refractivity contribution in [2.24, 2.45) is 0 Å². The number of thioether (sulfide) groups is 1. The number of halogens is 2. The van der Waals surface area contributed by atoms with Crippen LogP contribution in [0.5, 0.6) is 0 Å². The lowest BCUT2D eigenvalue weighted by molar-refractivity contribution is -0.116. The minimum absolute atomic E-state index is 0.172. The number of carbonyl (C=O) groups is 1. The summed E-state index contributed by atoms with van der Waals surface area (Å²) >= 11 is 9.17. The third kappa shape index (κ3) is 3.49. The quantitative estimate of drug-likeness (QED) is 0.540. The molecule has 0 saturated carbocycles. The van der Waals surface area contributed by atoms with E-state index in [4.69, 9.17) is 11.6 Å². The van der Waals surface area contributed by atoms with Crippen molar-refractivity contribution in [2.45, 2.75) is 36.2 Å². The lowest BCUT2D eigenvalue weighted by atomic mass is 9.88. The first-order valence-electron chi connectivity index (χ1n) is 9.20. The van der Waals surface area contributed by atoms with Crippen LogP contribution in [0.2, 0.25) is 5.02 Å². The maximum atomic E-state index is 13.3. The summed E-state index contributed by atoms with van der Waals surface area (Å²) in [7, 11) is 0. The number of Topliss-reactive ketones (excluding diaryl/α,β-unsaturated/α-hetero) is 1. The van der Waals surface area contributed by atoms with Gasteiger partial charge in [-0.15, -0.1) is 16.4 Å². The molecule has 1 aliphatic heterocycles. The number of aromatic nitrogens is 3. The molecule has 5 rings (SSSR count). The van der Waals surface area contributed by atoms with E-state index in [1.165, 1.54) is 23.9 Å². The number of fused-ring (bicyclic) bond motifs is 1. The first-order valence-corrected chi connectivity index (χ1v) is 11.4. The van der Waals surface area contributed by atoms with Crippen molar-refractivity contribution in [2.75, 3.05) is 5.32 Å². The maximum Gasteiger partial charge on any atom is 0.227 e. The molecule has 5 nitrogen and oxygen atoms in total. The van der Waals surface area contributed by atoms with Gasteiger partial charge in [0.2, 0.25) is 11.1 Å². The van der Waals surface area contributed by atoms with Crippen molar-refractivity contribution in [1.29, 1.82) is 0 Å². The highest BCUT2D eigenvalue weighted by atomic mass is 35.5. The molecule has 2 aliphatic rings. The average Bonchev–Trinajstić information content (AvgIpc) is 3.35. The number of hydrogen-bond donors (Lipinski definition) is 1. The Bertz CT molecular complexity index is 1130. The molecule has 1 aromatic carbocycles. The van der Waals surface area contributed by atoms with E-state index >= 15 is 0 Å². The number of allylic oxidation sites excluding steroid dienone is 2. The first kappa shape index (κ1) is 18.8. The maximum absolute atomic E-state index is 13.3. The molecular formula is C20H16ClFN4OS2. The Labute approximate surface area is 180 Å². The van der Waals surface area contributed by atoms with Gasteiger partial charge in [-0.05, 0) is 42.0 Å². The summed E-state index contributed by atoms with van der Waals surface area (Å²) in [5.41, 5.74) is 2.58. The molecule has 29 heavy (non-hydrogen) atoms. The number of carbonyl (C=O) groups excluding carboxylic acids is 1. The molecule has 0 fully saturated rings. The van der Waals surface area contributed by atoms with E-state index in [1.54, 1.807) is 17.4 Å². The second kappa shape index (κ2) is 7.59. The Morgan fingerprint density at radius 2 is 2.24 bits per heavy atom. The van der Waals surface area contributed by atoms with E-state index in [2.05, 4.69) is 15.4 Å². The fourth-order valence-corrected chi connectivity index (χ4v) is 5.65. The van der Waals surface area contributed by atoms with Crippen LogP contribution in [0.1, 0.15) is 35.7 Å². The summed E-state index contributed by atoms with van der Waals surface area (Å²) in [6, 6.07) is 8.14. The normalized spacial score (nSPS) is 18.4. The molecule has 0 saturated heterocycles. The predicted molar refractivity (Wildman–Crippen MR) is 113 cm³/mol. The van der Waals surface area contributed by atoms with Crippen molar-refractivity contribution in [3.05, 3.63) is 68.3 Å². The van der Waals surface area contributed by atoms with Gasteiger partial charge in [0.1, 0.15) is 11.9 Å². The van der Waals surface area contributed by atoms with E-state index in [1.807, 2.05) is 22.2 Å². The third-order valence-electron chi connectivity index (χ3n) is 5.03. The highest BCUT2D eigenvalue weighted by molar-refractivity contribution is 7.98. The zero-order chi connectivity index (χ0) is 20.0. The number of ketones is 1. The fourth-order valence-electron chi connectivity index (χ4n) is 3.69. The standard InChI is InChI=1S/C20H16ClFN4OS2/c21-13-9-12(22)7-6-11(13)10-29-20-24-19-23-14-3-1-4-15(27)17(14)18(26(19)25-20)16-5-2-8-28-16/h2,5-9,18H,1,3-4,10H2,(H,23,24,25)/t18-/m0/s1. The summed E-state index contributed by atoms with van der Waals surface area (Å²) < 4.78 is 15.1. The molecular weight excluding hydrogens is 431 g/mol. The predicted octanol–water partition coefficient (Wildman–Crippen LogP) is 5.45. The second-order valence-electron chi connectivity index (χ2n) is 6.90. The van der Waals surface area contributed by atoms with E-state index < -0.39 is 0 Å². The van der Waals surface area contributed by atoms with Crippen LogP contribution in [0.4, 0.5) is 10.3 Å². The Morgan fingerprint density at radius 3 is 3.03 bits per heavy atom. The van der Waals surface area contributed by atoms with Gasteiger partial charge >= 0.3 is 0 Å². The van der Waals surface area contributed by atoms with Gasteiger partial charge in [0.15, 0.2) is 5.78 Å². The zero-order valence-electron chi connectivity index (χ0n) is 15.2. The largest absolute Gasteiger partial charge is 0.328 e. The van der Waals surface area contributed by atoms with Gasteiger partial charge in [-0.25, -0.2) is 9.07 Å². The number of benzene rings is 1. The third-order valence-corrected chi connectivity index (χ3v) is 7.20. The van der Waals surface area contributed by atoms with Crippen molar-refractivity contribution in [3.8, 4) is 0 Å². The topological polar surface area (TPSA) is 59.8 Å². The molecule has 2 aromatic heterocycles. The summed E-state index contributed by atoms with van der Waals surface area (Å²) in [6.07, 6.45) is 2.25. The van der Waals surface area contributed by atoms with Gasteiger partial charge in [0.05, 0.1) is 0 Å².